The molecule has 0 aromatic heterocycles. The molecule has 0 aliphatic carbocycles. The van der Waals surface area contributed by atoms with E-state index in [1.807, 2.05) is 4.90 Å². The standard InChI is InChI=1S/C14H16F3N3O/c15-14(16,17)12-7-10(8-18)1-2-13(12)19-4-6-20-5-3-11(21)9-20/h1-2,7,11,19,21H,3-6,9H2/t11-/m0/s1. The Kier molecular flexibility index (Phi) is 4.70. The molecule has 1 aliphatic rings. The summed E-state index contributed by atoms with van der Waals surface area (Å²) in [6, 6.07) is 5.19. The van der Waals surface area contributed by atoms with Crippen LogP contribution in [0.3, 0.4) is 0 Å². The number of hydrogen-bond acceptors (Lipinski definition) is 4. The Morgan fingerprint density at radius 2 is 2.19 bits per heavy atom. The van der Waals surface area contributed by atoms with Gasteiger partial charge in [-0.15, -0.1) is 0 Å². The van der Waals surface area contributed by atoms with Gasteiger partial charge in [0, 0.05) is 31.9 Å². The average Bonchev–Trinajstić information content (AvgIpc) is 2.83. The molecule has 0 amide bonds. The summed E-state index contributed by atoms with van der Waals surface area (Å²) in [5.74, 6) is 0. The van der Waals surface area contributed by atoms with Gasteiger partial charge in [-0.25, -0.2) is 0 Å². The van der Waals surface area contributed by atoms with Crippen molar-refractivity contribution in [2.75, 3.05) is 31.5 Å². The third kappa shape index (κ3) is 4.09. The molecule has 1 aliphatic heterocycles. The summed E-state index contributed by atoms with van der Waals surface area (Å²) in [5, 5.41) is 20.8. The van der Waals surface area contributed by atoms with Crippen LogP contribution in [-0.2, 0) is 6.18 Å². The number of hydrogen-bond donors (Lipinski definition) is 2. The van der Waals surface area contributed by atoms with Crippen molar-refractivity contribution in [3.8, 4) is 6.07 Å². The minimum atomic E-state index is -4.50. The molecule has 1 aromatic rings. The third-order valence-corrected chi connectivity index (χ3v) is 3.45. The lowest BCUT2D eigenvalue weighted by atomic mass is 10.1. The number of β-amino-alcohol motifs (C(OH)–C–C–N with tert-alkyl or cyclic N) is 1. The summed E-state index contributed by atoms with van der Waals surface area (Å²) in [6.45, 7) is 2.22. The van der Waals surface area contributed by atoms with Crippen molar-refractivity contribution in [3.05, 3.63) is 29.3 Å². The summed E-state index contributed by atoms with van der Waals surface area (Å²) < 4.78 is 38.9. The van der Waals surface area contributed by atoms with Gasteiger partial charge in [0.2, 0.25) is 0 Å². The molecule has 2 rings (SSSR count). The van der Waals surface area contributed by atoms with E-state index in [2.05, 4.69) is 5.32 Å². The van der Waals surface area contributed by atoms with E-state index >= 15 is 0 Å². The lowest BCUT2D eigenvalue weighted by Crippen LogP contribution is -2.28. The number of nitrogens with zero attached hydrogens (tertiary/aromatic N) is 2. The highest BCUT2D eigenvalue weighted by molar-refractivity contribution is 5.56. The van der Waals surface area contributed by atoms with Crippen molar-refractivity contribution in [2.24, 2.45) is 0 Å². The summed E-state index contributed by atoms with van der Waals surface area (Å²) in [4.78, 5) is 1.99. The zero-order valence-corrected chi connectivity index (χ0v) is 11.3. The van der Waals surface area contributed by atoms with E-state index in [0.29, 0.717) is 26.1 Å². The molecular formula is C14H16F3N3O. The molecule has 0 saturated carbocycles. The first-order valence-electron chi connectivity index (χ1n) is 6.66. The Morgan fingerprint density at radius 3 is 2.76 bits per heavy atom. The van der Waals surface area contributed by atoms with Crippen molar-refractivity contribution < 1.29 is 18.3 Å². The number of nitriles is 1. The largest absolute Gasteiger partial charge is 0.418 e. The molecule has 7 heteroatoms. The van der Waals surface area contributed by atoms with Crippen LogP contribution in [-0.4, -0.2) is 42.3 Å². The van der Waals surface area contributed by atoms with Gasteiger partial charge >= 0.3 is 6.18 Å². The summed E-state index contributed by atoms with van der Waals surface area (Å²) in [5.41, 5.74) is -0.875. The fraction of sp³-hybridized carbons (Fsp3) is 0.500. The molecule has 2 N–H and O–H groups in total. The molecule has 1 heterocycles. The predicted molar refractivity (Wildman–Crippen MR) is 71.7 cm³/mol. The second kappa shape index (κ2) is 6.33. The zero-order chi connectivity index (χ0) is 15.5. The second-order valence-electron chi connectivity index (χ2n) is 5.04. The molecule has 0 unspecified atom stereocenters. The number of aliphatic hydroxyl groups is 1. The highest BCUT2D eigenvalue weighted by Gasteiger charge is 2.33. The monoisotopic (exact) mass is 299 g/mol. The SMILES string of the molecule is N#Cc1ccc(NCCN2CC[C@H](O)C2)c(C(F)(F)F)c1. The predicted octanol–water partition coefficient (Wildman–Crippen LogP) is 2.06. The first-order chi connectivity index (χ1) is 9.90. The molecule has 0 radical (unpaired) electrons. The highest BCUT2D eigenvalue weighted by atomic mass is 19.4. The van der Waals surface area contributed by atoms with E-state index in [4.69, 9.17) is 5.26 Å². The third-order valence-electron chi connectivity index (χ3n) is 3.45. The van der Waals surface area contributed by atoms with Gasteiger partial charge < -0.3 is 10.4 Å². The smallest absolute Gasteiger partial charge is 0.392 e. The zero-order valence-electron chi connectivity index (χ0n) is 11.3. The minimum absolute atomic E-state index is 0.0180. The van der Waals surface area contributed by atoms with Crippen LogP contribution in [0.5, 0.6) is 0 Å². The number of nitrogens with one attached hydrogen (secondary N) is 1. The van der Waals surface area contributed by atoms with Crippen molar-refractivity contribution in [1.82, 2.24) is 4.90 Å². The van der Waals surface area contributed by atoms with E-state index in [0.717, 1.165) is 12.6 Å². The van der Waals surface area contributed by atoms with Gasteiger partial charge in [-0.3, -0.25) is 4.90 Å². The van der Waals surface area contributed by atoms with Crippen LogP contribution in [0, 0.1) is 11.3 Å². The highest BCUT2D eigenvalue weighted by Crippen LogP contribution is 2.35. The van der Waals surface area contributed by atoms with Crippen LogP contribution in [0.1, 0.15) is 17.5 Å². The maximum Gasteiger partial charge on any atom is 0.418 e. The Labute approximate surface area is 120 Å². The maximum atomic E-state index is 13.0. The van der Waals surface area contributed by atoms with Crippen LogP contribution in [0.15, 0.2) is 18.2 Å². The van der Waals surface area contributed by atoms with Crippen LogP contribution in [0.25, 0.3) is 0 Å². The second-order valence-corrected chi connectivity index (χ2v) is 5.04. The van der Waals surface area contributed by atoms with Gasteiger partial charge in [-0.05, 0) is 24.6 Å². The number of aliphatic hydroxyl groups excluding tert-OH is 1. The molecule has 0 spiro atoms. The van der Waals surface area contributed by atoms with Gasteiger partial charge in [0.05, 0.1) is 23.3 Å². The van der Waals surface area contributed by atoms with Crippen molar-refractivity contribution >= 4 is 5.69 Å². The van der Waals surface area contributed by atoms with Crippen LogP contribution in [0.4, 0.5) is 18.9 Å². The molecule has 1 fully saturated rings. The molecule has 4 nitrogen and oxygen atoms in total. The number of benzene rings is 1. The van der Waals surface area contributed by atoms with E-state index < -0.39 is 11.7 Å². The van der Waals surface area contributed by atoms with E-state index in [1.54, 1.807) is 6.07 Å². The van der Waals surface area contributed by atoms with E-state index in [1.165, 1.54) is 12.1 Å². The molecule has 1 saturated heterocycles. The Bertz CT molecular complexity index is 539. The number of likely N-dealkylation sites (tertiary alicyclic amines) is 1. The normalized spacial score (nSPS) is 19.5. The molecule has 0 bridgehead atoms. The summed E-state index contributed by atoms with van der Waals surface area (Å²) in [7, 11) is 0. The molecule has 1 aromatic carbocycles. The number of halogens is 3. The average molecular weight is 299 g/mol. The van der Waals surface area contributed by atoms with Gasteiger partial charge in [-0.1, -0.05) is 0 Å². The Balaban J connectivity index is 2.01. The van der Waals surface area contributed by atoms with Crippen LogP contribution < -0.4 is 5.32 Å². The first kappa shape index (κ1) is 15.6. The summed E-state index contributed by atoms with van der Waals surface area (Å²) in [6.07, 6.45) is -4.14. The first-order valence-corrected chi connectivity index (χ1v) is 6.66. The van der Waals surface area contributed by atoms with Gasteiger partial charge in [0.15, 0.2) is 0 Å². The van der Waals surface area contributed by atoms with Crippen LogP contribution >= 0.6 is 0 Å². The van der Waals surface area contributed by atoms with Crippen molar-refractivity contribution in [2.45, 2.75) is 18.7 Å². The lowest BCUT2D eigenvalue weighted by molar-refractivity contribution is -0.137. The Morgan fingerprint density at radius 1 is 1.43 bits per heavy atom. The van der Waals surface area contributed by atoms with Crippen molar-refractivity contribution in [3.63, 3.8) is 0 Å². The number of anilines is 1. The quantitative estimate of drug-likeness (QED) is 0.893. The topological polar surface area (TPSA) is 59.3 Å². The van der Waals surface area contributed by atoms with E-state index in [-0.39, 0.29) is 17.4 Å². The fourth-order valence-electron chi connectivity index (χ4n) is 2.37. The van der Waals surface area contributed by atoms with Crippen molar-refractivity contribution in [1.29, 1.82) is 5.26 Å². The lowest BCUT2D eigenvalue weighted by Gasteiger charge is -2.18. The van der Waals surface area contributed by atoms with Gasteiger partial charge in [0.25, 0.3) is 0 Å². The molecule has 21 heavy (non-hydrogen) atoms. The molecule has 114 valence electrons. The minimum Gasteiger partial charge on any atom is -0.392 e. The van der Waals surface area contributed by atoms with Crippen LogP contribution in [0.2, 0.25) is 0 Å². The molecular weight excluding hydrogens is 283 g/mol. The Hall–Kier alpha value is -1.78. The fourth-order valence-corrected chi connectivity index (χ4v) is 2.37. The van der Waals surface area contributed by atoms with Gasteiger partial charge in [0.1, 0.15) is 0 Å². The number of alkyl halides is 3. The van der Waals surface area contributed by atoms with Gasteiger partial charge in [-0.2, -0.15) is 18.4 Å². The maximum absolute atomic E-state index is 13.0. The van der Waals surface area contributed by atoms with E-state index in [9.17, 15) is 18.3 Å². The summed E-state index contributed by atoms with van der Waals surface area (Å²) >= 11 is 0. The molecule has 1 atom stereocenters. The number of rotatable bonds is 4.